The van der Waals surface area contributed by atoms with Gasteiger partial charge in [0.15, 0.2) is 0 Å². The van der Waals surface area contributed by atoms with E-state index in [1.807, 2.05) is 35.7 Å². The summed E-state index contributed by atoms with van der Waals surface area (Å²) in [6, 6.07) is 14.3. The smallest absolute Gasteiger partial charge is 0.227 e. The van der Waals surface area contributed by atoms with Crippen LogP contribution in [0.15, 0.2) is 52.4 Å². The van der Waals surface area contributed by atoms with Gasteiger partial charge in [0.2, 0.25) is 17.6 Å². The standard InChI is InChI=1S/C21H23N3O2S/c25-18(12-13-19-23-21(24-26-19)17-11-6-14-27-17)22-20(16-9-4-5-10-16)15-7-2-1-3-8-15/h1-3,6-8,11,14,16,20H,4-5,9-10,12-13H2,(H,22,25). The fourth-order valence-electron chi connectivity index (χ4n) is 3.75. The zero-order valence-corrected chi connectivity index (χ0v) is 16.0. The Labute approximate surface area is 162 Å². The fourth-order valence-corrected chi connectivity index (χ4v) is 4.40. The van der Waals surface area contributed by atoms with Crippen molar-refractivity contribution in [2.75, 3.05) is 0 Å². The van der Waals surface area contributed by atoms with E-state index in [1.54, 1.807) is 11.3 Å². The summed E-state index contributed by atoms with van der Waals surface area (Å²) in [7, 11) is 0. The van der Waals surface area contributed by atoms with Gasteiger partial charge in [-0.1, -0.05) is 54.4 Å². The van der Waals surface area contributed by atoms with Crippen molar-refractivity contribution in [3.8, 4) is 10.7 Å². The topological polar surface area (TPSA) is 68.0 Å². The zero-order chi connectivity index (χ0) is 18.5. The molecule has 0 saturated heterocycles. The molecule has 3 aromatic rings. The Kier molecular flexibility index (Phi) is 5.63. The molecular weight excluding hydrogens is 358 g/mol. The van der Waals surface area contributed by atoms with Gasteiger partial charge in [0, 0.05) is 12.8 Å². The molecule has 0 radical (unpaired) electrons. The van der Waals surface area contributed by atoms with Gasteiger partial charge in [-0.25, -0.2) is 0 Å². The fraction of sp³-hybridized carbons (Fsp3) is 0.381. The number of benzene rings is 1. The number of rotatable bonds is 7. The van der Waals surface area contributed by atoms with Crippen LogP contribution in [0.5, 0.6) is 0 Å². The molecule has 6 heteroatoms. The minimum atomic E-state index is 0.0339. The number of carbonyl (C=O) groups excluding carboxylic acids is 1. The summed E-state index contributed by atoms with van der Waals surface area (Å²) in [5.74, 6) is 1.65. The highest BCUT2D eigenvalue weighted by Gasteiger charge is 2.27. The van der Waals surface area contributed by atoms with Gasteiger partial charge in [-0.05, 0) is 35.8 Å². The lowest BCUT2D eigenvalue weighted by atomic mass is 9.91. The summed E-state index contributed by atoms with van der Waals surface area (Å²) in [5.41, 5.74) is 1.19. The highest BCUT2D eigenvalue weighted by molar-refractivity contribution is 7.13. The number of carbonyl (C=O) groups is 1. The Morgan fingerprint density at radius 2 is 2.00 bits per heavy atom. The van der Waals surface area contributed by atoms with E-state index in [1.165, 1.54) is 31.2 Å². The molecule has 2 heterocycles. The van der Waals surface area contributed by atoms with E-state index in [9.17, 15) is 4.79 Å². The van der Waals surface area contributed by atoms with Crippen molar-refractivity contribution in [2.24, 2.45) is 5.92 Å². The monoisotopic (exact) mass is 381 g/mol. The maximum atomic E-state index is 12.6. The van der Waals surface area contributed by atoms with Crippen LogP contribution in [0.2, 0.25) is 0 Å². The van der Waals surface area contributed by atoms with Crippen molar-refractivity contribution in [2.45, 2.75) is 44.6 Å². The van der Waals surface area contributed by atoms with Crippen molar-refractivity contribution in [3.63, 3.8) is 0 Å². The number of hydrogen-bond donors (Lipinski definition) is 1. The molecule has 27 heavy (non-hydrogen) atoms. The predicted octanol–water partition coefficient (Wildman–Crippen LogP) is 4.78. The molecular formula is C21H23N3O2S. The maximum Gasteiger partial charge on any atom is 0.227 e. The van der Waals surface area contributed by atoms with Crippen LogP contribution >= 0.6 is 11.3 Å². The lowest BCUT2D eigenvalue weighted by molar-refractivity contribution is -0.122. The van der Waals surface area contributed by atoms with Gasteiger partial charge < -0.3 is 9.84 Å². The average Bonchev–Trinajstić information content (AvgIpc) is 3.47. The van der Waals surface area contributed by atoms with Crippen LogP contribution < -0.4 is 5.32 Å². The van der Waals surface area contributed by atoms with E-state index in [0.29, 0.717) is 30.5 Å². The molecule has 1 aliphatic rings. The number of nitrogens with zero attached hydrogens (tertiary/aromatic N) is 2. The highest BCUT2D eigenvalue weighted by atomic mass is 32.1. The molecule has 1 N–H and O–H groups in total. The number of amides is 1. The SMILES string of the molecule is O=C(CCc1nc(-c2cccs2)no1)NC(c1ccccc1)C1CCCC1. The first-order valence-electron chi connectivity index (χ1n) is 9.50. The average molecular weight is 382 g/mol. The molecule has 5 nitrogen and oxygen atoms in total. The Hall–Kier alpha value is -2.47. The zero-order valence-electron chi connectivity index (χ0n) is 15.1. The third-order valence-electron chi connectivity index (χ3n) is 5.12. The number of aromatic nitrogens is 2. The molecule has 1 aliphatic carbocycles. The Morgan fingerprint density at radius 1 is 1.19 bits per heavy atom. The van der Waals surface area contributed by atoms with Gasteiger partial charge in [0.1, 0.15) is 0 Å². The van der Waals surface area contributed by atoms with Crippen LogP contribution in [0.4, 0.5) is 0 Å². The van der Waals surface area contributed by atoms with Crippen LogP contribution in [0, 0.1) is 5.92 Å². The number of hydrogen-bond acceptors (Lipinski definition) is 5. The first kappa shape index (κ1) is 17.9. The normalized spacial score (nSPS) is 15.7. The quantitative estimate of drug-likeness (QED) is 0.639. The van der Waals surface area contributed by atoms with Gasteiger partial charge in [-0.3, -0.25) is 4.79 Å². The molecule has 140 valence electrons. The number of nitrogens with one attached hydrogen (secondary N) is 1. The predicted molar refractivity (Wildman–Crippen MR) is 105 cm³/mol. The number of thiophene rings is 1. The second-order valence-corrected chi connectivity index (χ2v) is 7.94. The van der Waals surface area contributed by atoms with Crippen LogP contribution in [0.25, 0.3) is 10.7 Å². The van der Waals surface area contributed by atoms with Gasteiger partial charge in [0.25, 0.3) is 0 Å². The molecule has 1 unspecified atom stereocenters. The minimum absolute atomic E-state index is 0.0339. The molecule has 4 rings (SSSR count). The Balaban J connectivity index is 1.37. The molecule has 0 spiro atoms. The van der Waals surface area contributed by atoms with Crippen molar-refractivity contribution >= 4 is 17.2 Å². The molecule has 1 amide bonds. The van der Waals surface area contributed by atoms with Gasteiger partial charge in [-0.2, -0.15) is 4.98 Å². The molecule has 0 aliphatic heterocycles. The summed E-state index contributed by atoms with van der Waals surface area (Å²) in [6.45, 7) is 0. The maximum absolute atomic E-state index is 12.6. The number of aryl methyl sites for hydroxylation is 1. The third-order valence-corrected chi connectivity index (χ3v) is 5.99. The third kappa shape index (κ3) is 4.45. The van der Waals surface area contributed by atoms with E-state index < -0.39 is 0 Å². The van der Waals surface area contributed by atoms with Crippen molar-refractivity contribution < 1.29 is 9.32 Å². The first-order valence-corrected chi connectivity index (χ1v) is 10.4. The van der Waals surface area contributed by atoms with Crippen LogP contribution in [0.1, 0.15) is 49.6 Å². The van der Waals surface area contributed by atoms with Crippen molar-refractivity contribution in [3.05, 3.63) is 59.3 Å². The first-order chi connectivity index (χ1) is 13.3. The highest BCUT2D eigenvalue weighted by Crippen LogP contribution is 2.35. The van der Waals surface area contributed by atoms with E-state index in [-0.39, 0.29) is 11.9 Å². The Morgan fingerprint density at radius 3 is 2.74 bits per heavy atom. The molecule has 2 aromatic heterocycles. The molecule has 1 saturated carbocycles. The molecule has 0 bridgehead atoms. The summed E-state index contributed by atoms with van der Waals surface area (Å²) in [5, 5.41) is 9.23. The summed E-state index contributed by atoms with van der Waals surface area (Å²) < 4.78 is 5.29. The second kappa shape index (κ2) is 8.48. The second-order valence-electron chi connectivity index (χ2n) is 6.99. The van der Waals surface area contributed by atoms with Gasteiger partial charge in [0.05, 0.1) is 10.9 Å². The van der Waals surface area contributed by atoms with E-state index in [0.717, 1.165) is 4.88 Å². The summed E-state index contributed by atoms with van der Waals surface area (Å²) in [4.78, 5) is 18.0. The van der Waals surface area contributed by atoms with E-state index >= 15 is 0 Å². The largest absolute Gasteiger partial charge is 0.349 e. The Bertz CT molecular complexity index is 855. The van der Waals surface area contributed by atoms with Crippen LogP contribution in [-0.2, 0) is 11.2 Å². The molecule has 1 fully saturated rings. The van der Waals surface area contributed by atoms with E-state index in [2.05, 4.69) is 27.6 Å². The van der Waals surface area contributed by atoms with Crippen molar-refractivity contribution in [1.82, 2.24) is 15.5 Å². The lowest BCUT2D eigenvalue weighted by Gasteiger charge is -2.25. The summed E-state index contributed by atoms with van der Waals surface area (Å²) in [6.07, 6.45) is 5.65. The molecule has 1 aromatic carbocycles. The lowest BCUT2D eigenvalue weighted by Crippen LogP contribution is -2.32. The summed E-state index contributed by atoms with van der Waals surface area (Å²) >= 11 is 1.57. The van der Waals surface area contributed by atoms with Gasteiger partial charge in [-0.15, -0.1) is 11.3 Å². The van der Waals surface area contributed by atoms with Gasteiger partial charge >= 0.3 is 0 Å². The van der Waals surface area contributed by atoms with Crippen LogP contribution in [0.3, 0.4) is 0 Å². The van der Waals surface area contributed by atoms with E-state index in [4.69, 9.17) is 4.52 Å². The van der Waals surface area contributed by atoms with Crippen molar-refractivity contribution in [1.29, 1.82) is 0 Å². The molecule has 1 atom stereocenters. The van der Waals surface area contributed by atoms with Crippen LogP contribution in [-0.4, -0.2) is 16.0 Å². The minimum Gasteiger partial charge on any atom is -0.349 e.